The molecule has 0 amide bonds. The SMILES string of the molecule is COc1cc(/C=C/c2nc3cc(C)ccc3s2)ccc1OCc1ccncc1. The van der Waals surface area contributed by atoms with Crippen molar-refractivity contribution in [2.75, 3.05) is 7.11 Å². The van der Waals surface area contributed by atoms with Crippen LogP contribution in [0.4, 0.5) is 0 Å². The third kappa shape index (κ3) is 4.21. The van der Waals surface area contributed by atoms with Gasteiger partial charge in [0.2, 0.25) is 0 Å². The summed E-state index contributed by atoms with van der Waals surface area (Å²) in [7, 11) is 1.65. The number of rotatable bonds is 6. The molecule has 28 heavy (non-hydrogen) atoms. The van der Waals surface area contributed by atoms with Crippen molar-refractivity contribution in [3.05, 3.63) is 82.6 Å². The lowest BCUT2D eigenvalue weighted by Crippen LogP contribution is -1.98. The molecule has 0 saturated carbocycles. The number of fused-ring (bicyclic) bond motifs is 1. The highest BCUT2D eigenvalue weighted by atomic mass is 32.1. The van der Waals surface area contributed by atoms with Crippen molar-refractivity contribution in [1.82, 2.24) is 9.97 Å². The van der Waals surface area contributed by atoms with Crippen molar-refractivity contribution < 1.29 is 9.47 Å². The van der Waals surface area contributed by atoms with Gasteiger partial charge in [-0.1, -0.05) is 18.2 Å². The van der Waals surface area contributed by atoms with Gasteiger partial charge in [-0.3, -0.25) is 4.98 Å². The zero-order valence-electron chi connectivity index (χ0n) is 15.8. The van der Waals surface area contributed by atoms with Crippen LogP contribution in [0, 0.1) is 6.92 Å². The normalized spacial score (nSPS) is 11.2. The molecular formula is C23H20N2O2S. The minimum absolute atomic E-state index is 0.471. The molecule has 0 unspecified atom stereocenters. The van der Waals surface area contributed by atoms with Gasteiger partial charge < -0.3 is 9.47 Å². The Morgan fingerprint density at radius 3 is 2.64 bits per heavy atom. The second-order valence-corrected chi connectivity index (χ2v) is 7.47. The summed E-state index contributed by atoms with van der Waals surface area (Å²) in [5.74, 6) is 1.42. The molecule has 0 bridgehead atoms. The Hall–Kier alpha value is -3.18. The van der Waals surface area contributed by atoms with Crippen LogP contribution in [0.3, 0.4) is 0 Å². The fourth-order valence-corrected chi connectivity index (χ4v) is 3.69. The number of benzene rings is 2. The first kappa shape index (κ1) is 18.2. The van der Waals surface area contributed by atoms with E-state index in [0.717, 1.165) is 21.7 Å². The predicted molar refractivity (Wildman–Crippen MR) is 115 cm³/mol. The Balaban J connectivity index is 1.50. The van der Waals surface area contributed by atoms with Gasteiger partial charge in [0.05, 0.1) is 17.3 Å². The number of ether oxygens (including phenoxy) is 2. The van der Waals surface area contributed by atoms with Gasteiger partial charge in [-0.2, -0.15) is 0 Å². The number of nitrogens with zero attached hydrogens (tertiary/aromatic N) is 2. The molecule has 0 aliphatic carbocycles. The van der Waals surface area contributed by atoms with Crippen LogP contribution in [0.5, 0.6) is 11.5 Å². The first-order chi connectivity index (χ1) is 13.7. The molecular weight excluding hydrogens is 368 g/mol. The summed E-state index contributed by atoms with van der Waals surface area (Å²) in [6.45, 7) is 2.55. The van der Waals surface area contributed by atoms with E-state index < -0.39 is 0 Å². The van der Waals surface area contributed by atoms with Crippen molar-refractivity contribution in [2.45, 2.75) is 13.5 Å². The van der Waals surface area contributed by atoms with Crippen molar-refractivity contribution in [3.8, 4) is 11.5 Å². The minimum Gasteiger partial charge on any atom is -0.493 e. The molecule has 4 nitrogen and oxygen atoms in total. The van der Waals surface area contributed by atoms with Crippen LogP contribution in [0.25, 0.3) is 22.4 Å². The van der Waals surface area contributed by atoms with Gasteiger partial charge in [0.25, 0.3) is 0 Å². The van der Waals surface area contributed by atoms with E-state index in [2.05, 4.69) is 35.1 Å². The van der Waals surface area contributed by atoms with Crippen LogP contribution >= 0.6 is 11.3 Å². The Labute approximate surface area is 168 Å². The van der Waals surface area contributed by atoms with E-state index in [1.165, 1.54) is 10.3 Å². The van der Waals surface area contributed by atoms with E-state index in [1.54, 1.807) is 30.8 Å². The number of aryl methyl sites for hydroxylation is 1. The zero-order valence-corrected chi connectivity index (χ0v) is 16.6. The fraction of sp³-hybridized carbons (Fsp3) is 0.130. The maximum absolute atomic E-state index is 5.90. The van der Waals surface area contributed by atoms with E-state index in [1.807, 2.05) is 42.5 Å². The number of hydrogen-bond acceptors (Lipinski definition) is 5. The summed E-state index contributed by atoms with van der Waals surface area (Å²) in [6.07, 6.45) is 7.59. The smallest absolute Gasteiger partial charge is 0.161 e. The number of aromatic nitrogens is 2. The maximum atomic E-state index is 5.90. The second-order valence-electron chi connectivity index (χ2n) is 6.41. The molecule has 2 heterocycles. The van der Waals surface area contributed by atoms with Crippen LogP contribution in [-0.4, -0.2) is 17.1 Å². The molecule has 0 saturated heterocycles. The molecule has 2 aromatic heterocycles. The highest BCUT2D eigenvalue weighted by molar-refractivity contribution is 7.19. The topological polar surface area (TPSA) is 44.2 Å². The summed E-state index contributed by atoms with van der Waals surface area (Å²) in [5.41, 5.74) is 4.36. The lowest BCUT2D eigenvalue weighted by atomic mass is 10.2. The zero-order chi connectivity index (χ0) is 19.3. The maximum Gasteiger partial charge on any atom is 0.161 e. The van der Waals surface area contributed by atoms with Crippen molar-refractivity contribution in [3.63, 3.8) is 0 Å². The third-order valence-corrected chi connectivity index (χ3v) is 5.31. The lowest BCUT2D eigenvalue weighted by molar-refractivity contribution is 0.284. The molecule has 0 spiro atoms. The molecule has 140 valence electrons. The van der Waals surface area contributed by atoms with Crippen LogP contribution in [0.1, 0.15) is 21.7 Å². The summed E-state index contributed by atoms with van der Waals surface area (Å²) in [5, 5.41) is 0.984. The average Bonchev–Trinajstić information content (AvgIpc) is 3.13. The Morgan fingerprint density at radius 2 is 1.82 bits per heavy atom. The monoisotopic (exact) mass is 388 g/mol. The second kappa shape index (κ2) is 8.23. The quantitative estimate of drug-likeness (QED) is 0.421. The molecule has 0 atom stereocenters. The lowest BCUT2D eigenvalue weighted by Gasteiger charge is -2.11. The van der Waals surface area contributed by atoms with E-state index >= 15 is 0 Å². The molecule has 0 aliphatic heterocycles. The van der Waals surface area contributed by atoms with Crippen LogP contribution in [0.15, 0.2) is 60.9 Å². The standard InChI is InChI=1S/C23H20N2O2S/c1-16-3-7-22-19(13-16)25-23(28-22)8-5-17-4-6-20(21(14-17)26-2)27-15-18-9-11-24-12-10-18/h3-14H,15H2,1-2H3/b8-5+. The Kier molecular flexibility index (Phi) is 5.35. The Bertz CT molecular complexity index is 1120. The van der Waals surface area contributed by atoms with Gasteiger partial charge in [0.15, 0.2) is 11.5 Å². The molecule has 4 aromatic rings. The predicted octanol–water partition coefficient (Wildman–Crippen LogP) is 5.76. The van der Waals surface area contributed by atoms with Crippen LogP contribution < -0.4 is 9.47 Å². The number of hydrogen-bond donors (Lipinski definition) is 0. The molecule has 4 rings (SSSR count). The van der Waals surface area contributed by atoms with E-state index in [4.69, 9.17) is 9.47 Å². The van der Waals surface area contributed by atoms with Gasteiger partial charge in [-0.15, -0.1) is 11.3 Å². The van der Waals surface area contributed by atoms with Crippen molar-refractivity contribution in [1.29, 1.82) is 0 Å². The molecule has 0 radical (unpaired) electrons. The molecule has 0 N–H and O–H groups in total. The van der Waals surface area contributed by atoms with Crippen molar-refractivity contribution in [2.24, 2.45) is 0 Å². The number of thiazole rings is 1. The number of pyridine rings is 1. The molecule has 0 aliphatic rings. The van der Waals surface area contributed by atoms with E-state index in [0.29, 0.717) is 18.1 Å². The van der Waals surface area contributed by atoms with Gasteiger partial charge in [-0.25, -0.2) is 4.98 Å². The van der Waals surface area contributed by atoms with Gasteiger partial charge >= 0.3 is 0 Å². The highest BCUT2D eigenvalue weighted by Crippen LogP contribution is 2.30. The van der Waals surface area contributed by atoms with Crippen molar-refractivity contribution >= 4 is 33.7 Å². The molecule has 2 aromatic carbocycles. The first-order valence-electron chi connectivity index (χ1n) is 8.96. The average molecular weight is 388 g/mol. The molecule has 5 heteroatoms. The van der Waals surface area contributed by atoms with E-state index in [9.17, 15) is 0 Å². The van der Waals surface area contributed by atoms with E-state index in [-0.39, 0.29) is 0 Å². The molecule has 0 fully saturated rings. The van der Waals surface area contributed by atoms with Crippen LogP contribution in [0.2, 0.25) is 0 Å². The summed E-state index contributed by atoms with van der Waals surface area (Å²) >= 11 is 1.69. The largest absolute Gasteiger partial charge is 0.493 e. The third-order valence-electron chi connectivity index (χ3n) is 4.31. The summed E-state index contributed by atoms with van der Waals surface area (Å²) in [6, 6.07) is 16.1. The Morgan fingerprint density at radius 1 is 0.964 bits per heavy atom. The van der Waals surface area contributed by atoms with Crippen LogP contribution in [-0.2, 0) is 6.61 Å². The fourth-order valence-electron chi connectivity index (χ4n) is 2.84. The van der Waals surface area contributed by atoms with Gasteiger partial charge in [0.1, 0.15) is 11.6 Å². The summed E-state index contributed by atoms with van der Waals surface area (Å²) in [4.78, 5) is 8.70. The first-order valence-corrected chi connectivity index (χ1v) is 9.78. The van der Waals surface area contributed by atoms with Gasteiger partial charge in [0, 0.05) is 12.4 Å². The minimum atomic E-state index is 0.471. The summed E-state index contributed by atoms with van der Waals surface area (Å²) < 4.78 is 12.6. The highest BCUT2D eigenvalue weighted by Gasteiger charge is 2.06. The van der Waals surface area contributed by atoms with Gasteiger partial charge in [-0.05, 0) is 66.1 Å². The number of methoxy groups -OCH3 is 1.